The molecule has 13 nitrogen and oxygen atoms in total. The van der Waals surface area contributed by atoms with Crippen molar-refractivity contribution in [2.24, 2.45) is 11.8 Å². The SMILES string of the molecule is CCC1C(CC(=O)OCCc2ccc(O)c(O)c2)C(C(=O)OC)=CO[C@H]1O[C@@H]1O[C@H](CO)[C@@H](O)[C@H](O)[C@H]1O. The highest BCUT2D eigenvalue weighted by atomic mass is 16.8. The van der Waals surface area contributed by atoms with Crippen molar-refractivity contribution in [3.63, 3.8) is 0 Å². The fourth-order valence-electron chi connectivity index (χ4n) is 4.50. The molecule has 1 aromatic rings. The quantitative estimate of drug-likeness (QED) is 0.162. The van der Waals surface area contributed by atoms with E-state index in [1.54, 1.807) is 13.0 Å². The zero-order valence-corrected chi connectivity index (χ0v) is 21.0. The van der Waals surface area contributed by atoms with Gasteiger partial charge >= 0.3 is 11.9 Å². The highest BCUT2D eigenvalue weighted by Crippen LogP contribution is 2.38. The van der Waals surface area contributed by atoms with Gasteiger partial charge in [0.2, 0.25) is 6.29 Å². The van der Waals surface area contributed by atoms with E-state index < -0.39 is 67.4 Å². The van der Waals surface area contributed by atoms with E-state index in [2.05, 4.69) is 0 Å². The van der Waals surface area contributed by atoms with Gasteiger partial charge in [0.1, 0.15) is 24.4 Å². The lowest BCUT2D eigenvalue weighted by molar-refractivity contribution is -0.341. The minimum absolute atomic E-state index is 0.0227. The third-order valence-electron chi connectivity index (χ3n) is 6.68. The first-order chi connectivity index (χ1) is 18.1. The number of benzene rings is 1. The van der Waals surface area contributed by atoms with E-state index in [4.69, 9.17) is 23.7 Å². The molecule has 212 valence electrons. The van der Waals surface area contributed by atoms with Crippen molar-refractivity contribution in [2.75, 3.05) is 20.3 Å². The van der Waals surface area contributed by atoms with E-state index in [0.717, 1.165) is 6.26 Å². The number of phenolic OH excluding ortho intramolecular Hbond substituents is 2. The topological polar surface area (TPSA) is 202 Å². The van der Waals surface area contributed by atoms with Crippen LogP contribution in [0.5, 0.6) is 11.5 Å². The molecule has 6 N–H and O–H groups in total. The standard InChI is InChI=1S/C25H34O13/c1-3-13-14(9-19(29)35-7-6-12-4-5-16(27)17(28)8-12)15(23(33)34-2)11-36-24(13)38-25-22(32)21(31)20(30)18(10-26)37-25/h4-5,8,11,13-14,18,20-22,24-28,30-32H,3,6-7,9-10H2,1-2H3/t13?,14?,18-,20-,21+,22-,24+,25+/m1/s1. The zero-order valence-electron chi connectivity index (χ0n) is 21.0. The number of rotatable bonds is 10. The molecule has 0 spiro atoms. The molecular formula is C25H34O13. The molecule has 13 heteroatoms. The Hall–Kier alpha value is -2.94. The van der Waals surface area contributed by atoms with E-state index in [1.165, 1.54) is 19.2 Å². The second kappa shape index (κ2) is 13.2. The number of hydrogen-bond donors (Lipinski definition) is 6. The Morgan fingerprint density at radius 2 is 1.76 bits per heavy atom. The maximum Gasteiger partial charge on any atom is 0.337 e. The Balaban J connectivity index is 1.70. The molecule has 0 amide bonds. The van der Waals surface area contributed by atoms with Crippen LogP contribution < -0.4 is 0 Å². The van der Waals surface area contributed by atoms with E-state index in [9.17, 15) is 40.2 Å². The Kier molecular flexibility index (Phi) is 10.3. The van der Waals surface area contributed by atoms with Gasteiger partial charge in [-0.1, -0.05) is 13.0 Å². The summed E-state index contributed by atoms with van der Waals surface area (Å²) in [5.41, 5.74) is 0.710. The zero-order chi connectivity index (χ0) is 28.0. The minimum Gasteiger partial charge on any atom is -0.504 e. The fourth-order valence-corrected chi connectivity index (χ4v) is 4.50. The number of esters is 2. The smallest absolute Gasteiger partial charge is 0.337 e. The molecule has 8 atom stereocenters. The minimum atomic E-state index is -1.66. The van der Waals surface area contributed by atoms with Crippen molar-refractivity contribution in [3.05, 3.63) is 35.6 Å². The predicted molar refractivity (Wildman–Crippen MR) is 126 cm³/mol. The summed E-state index contributed by atoms with van der Waals surface area (Å²) >= 11 is 0. The first kappa shape index (κ1) is 29.6. The van der Waals surface area contributed by atoms with Crippen LogP contribution >= 0.6 is 0 Å². The van der Waals surface area contributed by atoms with Crippen LogP contribution in [0.1, 0.15) is 25.3 Å². The van der Waals surface area contributed by atoms with Crippen LogP contribution in [-0.2, 0) is 39.7 Å². The van der Waals surface area contributed by atoms with Gasteiger partial charge in [0.15, 0.2) is 17.8 Å². The van der Waals surface area contributed by atoms with Crippen LogP contribution in [0.4, 0.5) is 0 Å². The molecule has 1 saturated heterocycles. The third kappa shape index (κ3) is 6.73. The number of carbonyl (C=O) groups excluding carboxylic acids is 2. The molecule has 0 bridgehead atoms. The van der Waals surface area contributed by atoms with Crippen molar-refractivity contribution >= 4 is 11.9 Å². The molecule has 2 heterocycles. The average molecular weight is 543 g/mol. The lowest BCUT2D eigenvalue weighted by atomic mass is 9.80. The second-order valence-corrected chi connectivity index (χ2v) is 9.08. The summed E-state index contributed by atoms with van der Waals surface area (Å²) in [6.45, 7) is 1.11. The van der Waals surface area contributed by atoms with Crippen LogP contribution in [0.2, 0.25) is 0 Å². The van der Waals surface area contributed by atoms with Gasteiger partial charge < -0.3 is 54.3 Å². The predicted octanol–water partition coefficient (Wildman–Crippen LogP) is -0.554. The summed E-state index contributed by atoms with van der Waals surface area (Å²) in [5.74, 6) is -3.28. The highest BCUT2D eigenvalue weighted by molar-refractivity contribution is 5.89. The van der Waals surface area contributed by atoms with E-state index in [-0.39, 0.29) is 36.5 Å². The maximum absolute atomic E-state index is 12.7. The number of aliphatic hydroxyl groups is 4. The number of aliphatic hydroxyl groups excluding tert-OH is 4. The van der Waals surface area contributed by atoms with Gasteiger partial charge in [-0.3, -0.25) is 4.79 Å². The van der Waals surface area contributed by atoms with E-state index in [1.807, 2.05) is 0 Å². The molecule has 2 aliphatic heterocycles. The number of aromatic hydroxyl groups is 2. The van der Waals surface area contributed by atoms with Gasteiger partial charge in [-0.15, -0.1) is 0 Å². The largest absolute Gasteiger partial charge is 0.504 e. The van der Waals surface area contributed by atoms with Crippen LogP contribution in [0.3, 0.4) is 0 Å². The lowest BCUT2D eigenvalue weighted by Gasteiger charge is -2.43. The first-order valence-electron chi connectivity index (χ1n) is 12.2. The van der Waals surface area contributed by atoms with E-state index >= 15 is 0 Å². The molecule has 0 saturated carbocycles. The molecular weight excluding hydrogens is 508 g/mol. The molecule has 1 fully saturated rings. The van der Waals surface area contributed by atoms with Crippen LogP contribution in [0, 0.1) is 11.8 Å². The Bertz CT molecular complexity index is 993. The number of methoxy groups -OCH3 is 1. The maximum atomic E-state index is 12.7. The van der Waals surface area contributed by atoms with Crippen molar-refractivity contribution in [3.8, 4) is 11.5 Å². The third-order valence-corrected chi connectivity index (χ3v) is 6.68. The number of hydrogen-bond acceptors (Lipinski definition) is 13. The summed E-state index contributed by atoms with van der Waals surface area (Å²) in [6.07, 6.45) is -7.21. The number of carbonyl (C=O) groups is 2. The molecule has 3 rings (SSSR count). The second-order valence-electron chi connectivity index (χ2n) is 9.08. The summed E-state index contributed by atoms with van der Waals surface area (Å²) < 4.78 is 26.9. The molecule has 1 aromatic carbocycles. The van der Waals surface area contributed by atoms with Gasteiger partial charge in [0.05, 0.1) is 38.6 Å². The molecule has 38 heavy (non-hydrogen) atoms. The monoisotopic (exact) mass is 542 g/mol. The van der Waals surface area contributed by atoms with E-state index in [0.29, 0.717) is 12.0 Å². The Labute approximate surface area is 218 Å². The average Bonchev–Trinajstić information content (AvgIpc) is 2.90. The van der Waals surface area contributed by atoms with Crippen molar-refractivity contribution in [2.45, 2.75) is 63.2 Å². The normalized spacial score (nSPS) is 31.2. The van der Waals surface area contributed by atoms with Crippen molar-refractivity contribution in [1.29, 1.82) is 0 Å². The summed E-state index contributed by atoms with van der Waals surface area (Å²) in [5, 5.41) is 58.8. The van der Waals surface area contributed by atoms with Gasteiger partial charge in [0.25, 0.3) is 0 Å². The molecule has 2 unspecified atom stereocenters. The summed E-state index contributed by atoms with van der Waals surface area (Å²) in [7, 11) is 1.18. The summed E-state index contributed by atoms with van der Waals surface area (Å²) in [4.78, 5) is 25.2. The Morgan fingerprint density at radius 3 is 2.39 bits per heavy atom. The Morgan fingerprint density at radius 1 is 1.03 bits per heavy atom. The van der Waals surface area contributed by atoms with Crippen LogP contribution in [-0.4, -0.2) is 99.9 Å². The van der Waals surface area contributed by atoms with Crippen molar-refractivity contribution < 1.29 is 63.9 Å². The van der Waals surface area contributed by atoms with Crippen molar-refractivity contribution in [1.82, 2.24) is 0 Å². The molecule has 2 aliphatic rings. The molecule has 0 radical (unpaired) electrons. The molecule has 0 aliphatic carbocycles. The van der Waals surface area contributed by atoms with Gasteiger partial charge in [-0.05, 0) is 24.1 Å². The van der Waals surface area contributed by atoms with Crippen LogP contribution in [0.25, 0.3) is 0 Å². The number of ether oxygens (including phenoxy) is 5. The summed E-state index contributed by atoms with van der Waals surface area (Å²) in [6, 6.07) is 4.25. The molecule has 0 aromatic heterocycles. The lowest BCUT2D eigenvalue weighted by Crippen LogP contribution is -2.60. The van der Waals surface area contributed by atoms with Gasteiger partial charge in [-0.2, -0.15) is 0 Å². The first-order valence-corrected chi connectivity index (χ1v) is 12.2. The van der Waals surface area contributed by atoms with Crippen LogP contribution in [0.15, 0.2) is 30.0 Å². The number of phenols is 2. The van der Waals surface area contributed by atoms with Gasteiger partial charge in [0, 0.05) is 18.3 Å². The highest BCUT2D eigenvalue weighted by Gasteiger charge is 2.48. The fraction of sp³-hybridized carbons (Fsp3) is 0.600. The van der Waals surface area contributed by atoms with Gasteiger partial charge in [-0.25, -0.2) is 4.79 Å².